The van der Waals surface area contributed by atoms with Crippen molar-refractivity contribution in [3.05, 3.63) is 11.5 Å². The molecule has 0 bridgehead atoms. The highest BCUT2D eigenvalue weighted by atomic mass is 35.5. The molecule has 0 amide bonds. The summed E-state index contributed by atoms with van der Waals surface area (Å²) in [7, 11) is 1.50. The zero-order chi connectivity index (χ0) is 9.84. The third-order valence-corrected chi connectivity index (χ3v) is 1.55. The maximum Gasteiger partial charge on any atom is 0.262 e. The summed E-state index contributed by atoms with van der Waals surface area (Å²) in [6, 6.07) is 0. The lowest BCUT2D eigenvalue weighted by molar-refractivity contribution is 0.219. The lowest BCUT2D eigenvalue weighted by Gasteiger charge is -2.11. The predicted molar refractivity (Wildman–Crippen MR) is 49.4 cm³/mol. The number of rotatable bonds is 3. The highest BCUT2D eigenvalue weighted by molar-refractivity contribution is 6.31. The summed E-state index contributed by atoms with van der Waals surface area (Å²) in [4.78, 5) is 7.67. The van der Waals surface area contributed by atoms with E-state index in [2.05, 4.69) is 9.97 Å². The molecule has 4 nitrogen and oxygen atoms in total. The van der Waals surface area contributed by atoms with Crippen LogP contribution in [0.5, 0.6) is 11.6 Å². The van der Waals surface area contributed by atoms with Gasteiger partial charge in [0.25, 0.3) is 5.88 Å². The quantitative estimate of drug-likeness (QED) is 0.703. The maximum atomic E-state index is 5.76. The highest BCUT2D eigenvalue weighted by Crippen LogP contribution is 2.30. The predicted octanol–water partition coefficient (Wildman–Crippen LogP) is 1.93. The SMILES string of the molecule is COc1c(Cl)ncnc1OC(C)C. The molecule has 0 aromatic carbocycles. The van der Waals surface area contributed by atoms with E-state index in [-0.39, 0.29) is 11.3 Å². The van der Waals surface area contributed by atoms with Gasteiger partial charge < -0.3 is 9.47 Å². The number of methoxy groups -OCH3 is 1. The van der Waals surface area contributed by atoms with Crippen molar-refractivity contribution in [1.29, 1.82) is 0 Å². The molecule has 0 aliphatic carbocycles. The first-order valence-electron chi connectivity index (χ1n) is 3.86. The third kappa shape index (κ3) is 2.45. The Labute approximate surface area is 81.9 Å². The molecule has 0 unspecified atom stereocenters. The summed E-state index contributed by atoms with van der Waals surface area (Å²) in [5.41, 5.74) is 0. The van der Waals surface area contributed by atoms with Gasteiger partial charge in [0.1, 0.15) is 6.33 Å². The van der Waals surface area contributed by atoms with Gasteiger partial charge in [0.2, 0.25) is 5.75 Å². The van der Waals surface area contributed by atoms with Crippen LogP contribution >= 0.6 is 11.6 Å². The number of ether oxygens (including phenoxy) is 2. The molecule has 13 heavy (non-hydrogen) atoms. The van der Waals surface area contributed by atoms with Gasteiger partial charge in [-0.15, -0.1) is 0 Å². The van der Waals surface area contributed by atoms with Crippen LogP contribution in [0.3, 0.4) is 0 Å². The molecule has 0 saturated carbocycles. The zero-order valence-corrected chi connectivity index (χ0v) is 8.50. The summed E-state index contributed by atoms with van der Waals surface area (Å²) in [5, 5.41) is 0.258. The largest absolute Gasteiger partial charge is 0.489 e. The minimum atomic E-state index is 0.0277. The number of hydrogen-bond donors (Lipinski definition) is 0. The Hall–Kier alpha value is -1.03. The molecule has 0 N–H and O–H groups in total. The fraction of sp³-hybridized carbons (Fsp3) is 0.500. The van der Waals surface area contributed by atoms with Crippen LogP contribution in [0.4, 0.5) is 0 Å². The molecular weight excluding hydrogens is 192 g/mol. The van der Waals surface area contributed by atoms with Gasteiger partial charge in [-0.3, -0.25) is 0 Å². The molecule has 72 valence electrons. The van der Waals surface area contributed by atoms with Crippen LogP contribution in [0.2, 0.25) is 5.15 Å². The molecule has 0 saturated heterocycles. The summed E-state index contributed by atoms with van der Waals surface area (Å²) in [6.45, 7) is 3.80. The van der Waals surface area contributed by atoms with Crippen LogP contribution in [-0.2, 0) is 0 Å². The van der Waals surface area contributed by atoms with Crippen molar-refractivity contribution in [1.82, 2.24) is 9.97 Å². The fourth-order valence-corrected chi connectivity index (χ4v) is 1.02. The van der Waals surface area contributed by atoms with Gasteiger partial charge in [-0.05, 0) is 13.8 Å². The third-order valence-electron chi connectivity index (χ3n) is 1.28. The van der Waals surface area contributed by atoms with Crippen LogP contribution in [0.1, 0.15) is 13.8 Å². The minimum Gasteiger partial charge on any atom is -0.489 e. The van der Waals surface area contributed by atoms with Crippen LogP contribution in [-0.4, -0.2) is 23.2 Å². The zero-order valence-electron chi connectivity index (χ0n) is 7.74. The van der Waals surface area contributed by atoms with E-state index >= 15 is 0 Å². The van der Waals surface area contributed by atoms with Gasteiger partial charge in [0.15, 0.2) is 5.15 Å². The highest BCUT2D eigenvalue weighted by Gasteiger charge is 2.12. The molecule has 1 aromatic heterocycles. The molecule has 0 atom stereocenters. The normalized spacial score (nSPS) is 10.2. The molecule has 5 heteroatoms. The lowest BCUT2D eigenvalue weighted by Crippen LogP contribution is -2.08. The summed E-state index contributed by atoms with van der Waals surface area (Å²) in [5.74, 6) is 0.746. The van der Waals surface area contributed by atoms with Gasteiger partial charge >= 0.3 is 0 Å². The van der Waals surface area contributed by atoms with E-state index < -0.39 is 0 Å². The van der Waals surface area contributed by atoms with E-state index in [0.29, 0.717) is 11.6 Å². The molecule has 0 aliphatic rings. The topological polar surface area (TPSA) is 44.2 Å². The van der Waals surface area contributed by atoms with Crippen LogP contribution in [0, 0.1) is 0 Å². The summed E-state index contributed by atoms with van der Waals surface area (Å²) in [6.07, 6.45) is 1.36. The fourth-order valence-electron chi connectivity index (χ4n) is 0.816. The Balaban J connectivity index is 2.98. The number of nitrogens with zero attached hydrogens (tertiary/aromatic N) is 2. The van der Waals surface area contributed by atoms with Crippen molar-refractivity contribution in [3.8, 4) is 11.6 Å². The Morgan fingerprint density at radius 1 is 1.38 bits per heavy atom. The number of aromatic nitrogens is 2. The average molecular weight is 203 g/mol. The molecule has 0 fully saturated rings. The van der Waals surface area contributed by atoms with Crippen molar-refractivity contribution in [2.75, 3.05) is 7.11 Å². The second kappa shape index (κ2) is 4.28. The van der Waals surface area contributed by atoms with Crippen LogP contribution in [0.25, 0.3) is 0 Å². The molecule has 0 radical (unpaired) electrons. The Morgan fingerprint density at radius 2 is 2.08 bits per heavy atom. The van der Waals surface area contributed by atoms with E-state index in [4.69, 9.17) is 21.1 Å². The first-order valence-corrected chi connectivity index (χ1v) is 4.24. The van der Waals surface area contributed by atoms with E-state index in [1.165, 1.54) is 13.4 Å². The van der Waals surface area contributed by atoms with Crippen molar-refractivity contribution in [3.63, 3.8) is 0 Å². The molecule has 0 spiro atoms. The van der Waals surface area contributed by atoms with Crippen molar-refractivity contribution in [2.45, 2.75) is 20.0 Å². The molecule has 1 aromatic rings. The summed E-state index contributed by atoms with van der Waals surface area (Å²) < 4.78 is 10.4. The molecule has 1 heterocycles. The Morgan fingerprint density at radius 3 is 2.62 bits per heavy atom. The Kier molecular flexibility index (Phi) is 3.31. The maximum absolute atomic E-state index is 5.76. The van der Waals surface area contributed by atoms with Crippen LogP contribution < -0.4 is 9.47 Å². The van der Waals surface area contributed by atoms with Gasteiger partial charge in [-0.25, -0.2) is 4.98 Å². The summed E-state index contributed by atoms with van der Waals surface area (Å²) >= 11 is 5.76. The van der Waals surface area contributed by atoms with E-state index in [1.807, 2.05) is 13.8 Å². The first kappa shape index (κ1) is 10.1. The minimum absolute atomic E-state index is 0.0277. The first-order chi connectivity index (χ1) is 6.15. The van der Waals surface area contributed by atoms with Crippen LogP contribution in [0.15, 0.2) is 6.33 Å². The number of hydrogen-bond acceptors (Lipinski definition) is 4. The van der Waals surface area contributed by atoms with Gasteiger partial charge in [0.05, 0.1) is 13.2 Å². The molecular formula is C8H11ClN2O2. The second-order valence-electron chi connectivity index (χ2n) is 2.67. The smallest absolute Gasteiger partial charge is 0.262 e. The number of halogens is 1. The van der Waals surface area contributed by atoms with E-state index in [1.54, 1.807) is 0 Å². The second-order valence-corrected chi connectivity index (χ2v) is 3.03. The molecule has 1 rings (SSSR count). The van der Waals surface area contributed by atoms with Gasteiger partial charge in [-0.1, -0.05) is 11.6 Å². The van der Waals surface area contributed by atoms with E-state index in [0.717, 1.165) is 0 Å². The molecule has 0 aliphatic heterocycles. The van der Waals surface area contributed by atoms with E-state index in [9.17, 15) is 0 Å². The average Bonchev–Trinajstić information content (AvgIpc) is 2.03. The van der Waals surface area contributed by atoms with Gasteiger partial charge in [-0.2, -0.15) is 4.98 Å². The van der Waals surface area contributed by atoms with Gasteiger partial charge in [0, 0.05) is 0 Å². The lowest BCUT2D eigenvalue weighted by atomic mass is 10.5. The van der Waals surface area contributed by atoms with Crippen molar-refractivity contribution in [2.24, 2.45) is 0 Å². The van der Waals surface area contributed by atoms with Crippen molar-refractivity contribution >= 4 is 11.6 Å². The monoisotopic (exact) mass is 202 g/mol. The standard InChI is InChI=1S/C8H11ClN2O2/c1-5(2)13-8-6(12-3)7(9)10-4-11-8/h4-5H,1-3H3. The Bertz CT molecular complexity index is 291. The van der Waals surface area contributed by atoms with Crippen molar-refractivity contribution < 1.29 is 9.47 Å².